The number of aromatic nitrogens is 3. The zero-order chi connectivity index (χ0) is 41.4. The third-order valence-corrected chi connectivity index (χ3v) is 12.8. The lowest BCUT2D eigenvalue weighted by molar-refractivity contribution is 0.436. The Balaban J connectivity index is 1.06. The second-order valence-corrected chi connectivity index (χ2v) is 16.4. The molecule has 0 saturated carbocycles. The van der Waals surface area contributed by atoms with E-state index in [1.807, 2.05) is 13.1 Å². The fraction of sp³-hybridized carbons (Fsp3) is 0.0517. The van der Waals surface area contributed by atoms with Gasteiger partial charge in [0.25, 0.3) is 0 Å². The molecule has 3 heterocycles. The summed E-state index contributed by atoms with van der Waals surface area (Å²) >= 11 is 0. The summed E-state index contributed by atoms with van der Waals surface area (Å²) in [5.41, 5.74) is 18.3. The minimum Gasteiger partial charge on any atom is -0.457 e. The molecule has 292 valence electrons. The Morgan fingerprint density at radius 3 is 1.74 bits per heavy atom. The number of fused-ring (bicyclic) bond motifs is 10. The van der Waals surface area contributed by atoms with E-state index in [4.69, 9.17) is 14.7 Å². The van der Waals surface area contributed by atoms with Crippen LogP contribution in [0.2, 0.25) is 0 Å². The van der Waals surface area contributed by atoms with Crippen molar-refractivity contribution in [2.75, 3.05) is 0 Å². The summed E-state index contributed by atoms with van der Waals surface area (Å²) in [5, 5.41) is 2.36. The van der Waals surface area contributed by atoms with Gasteiger partial charge >= 0.3 is 0 Å². The van der Waals surface area contributed by atoms with Crippen molar-refractivity contribution in [1.29, 1.82) is 0 Å². The molecule has 2 aromatic heterocycles. The molecule has 0 atom stereocenters. The second kappa shape index (κ2) is 14.1. The molecule has 0 unspecified atom stereocenters. The third-order valence-electron chi connectivity index (χ3n) is 12.8. The highest BCUT2D eigenvalue weighted by Crippen LogP contribution is 2.63. The lowest BCUT2D eigenvalue weighted by Gasteiger charge is -2.39. The molecule has 62 heavy (non-hydrogen) atoms. The zero-order valence-corrected chi connectivity index (χ0v) is 34.3. The van der Waals surface area contributed by atoms with Crippen LogP contribution in [-0.2, 0) is 5.41 Å². The van der Waals surface area contributed by atoms with Crippen LogP contribution in [0.3, 0.4) is 0 Å². The van der Waals surface area contributed by atoms with E-state index < -0.39 is 5.41 Å². The first-order valence-electron chi connectivity index (χ1n) is 21.2. The lowest BCUT2D eigenvalue weighted by Crippen LogP contribution is -2.32. The van der Waals surface area contributed by atoms with Crippen molar-refractivity contribution >= 4 is 10.8 Å². The van der Waals surface area contributed by atoms with Crippen molar-refractivity contribution in [1.82, 2.24) is 15.0 Å². The number of benzene rings is 8. The Labute approximate surface area is 360 Å². The van der Waals surface area contributed by atoms with Gasteiger partial charge in [0.1, 0.15) is 11.5 Å². The quantitative estimate of drug-likeness (QED) is 0.174. The second-order valence-electron chi connectivity index (χ2n) is 16.4. The first-order chi connectivity index (χ1) is 30.5. The van der Waals surface area contributed by atoms with Gasteiger partial charge in [-0.3, -0.25) is 4.98 Å². The molecule has 1 spiro atoms. The molecule has 0 amide bonds. The predicted molar refractivity (Wildman–Crippen MR) is 251 cm³/mol. The van der Waals surface area contributed by atoms with Crippen molar-refractivity contribution in [3.63, 3.8) is 0 Å². The highest BCUT2D eigenvalue weighted by atomic mass is 16.5. The molecule has 0 fully saturated rings. The molecule has 12 rings (SSSR count). The summed E-state index contributed by atoms with van der Waals surface area (Å²) in [6.45, 7) is 4.08. The molecular weight excluding hydrogens is 755 g/mol. The molecule has 1 aliphatic heterocycles. The summed E-state index contributed by atoms with van der Waals surface area (Å²) in [6, 6.07) is 69.6. The van der Waals surface area contributed by atoms with Gasteiger partial charge in [-0.05, 0) is 105 Å². The van der Waals surface area contributed by atoms with Gasteiger partial charge in [0.05, 0.1) is 11.1 Å². The summed E-state index contributed by atoms with van der Waals surface area (Å²) < 4.78 is 6.71. The fourth-order valence-electron chi connectivity index (χ4n) is 10.1. The number of pyridine rings is 1. The molecule has 0 saturated heterocycles. The van der Waals surface area contributed by atoms with Crippen molar-refractivity contribution in [2.24, 2.45) is 0 Å². The average Bonchev–Trinajstić information content (AvgIpc) is 3.61. The van der Waals surface area contributed by atoms with Gasteiger partial charge in [0, 0.05) is 45.4 Å². The molecule has 0 radical (unpaired) electrons. The van der Waals surface area contributed by atoms with E-state index in [2.05, 4.69) is 206 Å². The SMILES string of the molecule is Cc1ccc(-c2ccccc2-c2ccc(-c3cccc4c3-c3ccc(-c5nc(C)cc(-c6cccc7ccccc67)n5)cc3C43c4ccccc4Oc4ccccc43)cc2)cn1. The molecule has 0 N–H and O–H groups in total. The number of rotatable bonds is 5. The molecule has 4 nitrogen and oxygen atoms in total. The first kappa shape index (κ1) is 35.9. The molecule has 10 aromatic rings. The molecule has 1 aliphatic carbocycles. The van der Waals surface area contributed by atoms with Crippen molar-refractivity contribution < 1.29 is 4.74 Å². The maximum Gasteiger partial charge on any atom is 0.160 e. The molecule has 2 aliphatic rings. The first-order valence-corrected chi connectivity index (χ1v) is 21.2. The number of nitrogens with zero attached hydrogens (tertiary/aromatic N) is 3. The van der Waals surface area contributed by atoms with Crippen molar-refractivity contribution in [3.8, 4) is 78.7 Å². The summed E-state index contributed by atoms with van der Waals surface area (Å²) in [6.07, 6.45) is 1.97. The minimum atomic E-state index is -0.661. The Kier molecular flexibility index (Phi) is 8.16. The van der Waals surface area contributed by atoms with Gasteiger partial charge in [-0.2, -0.15) is 0 Å². The topological polar surface area (TPSA) is 47.9 Å². The van der Waals surface area contributed by atoms with Crippen LogP contribution in [0.15, 0.2) is 200 Å². The fourth-order valence-corrected chi connectivity index (χ4v) is 10.1. The van der Waals surface area contributed by atoms with Crippen LogP contribution in [0.5, 0.6) is 11.5 Å². The van der Waals surface area contributed by atoms with Crippen LogP contribution in [0.4, 0.5) is 0 Å². The normalized spacial score (nSPS) is 12.9. The minimum absolute atomic E-state index is 0.661. The molecule has 4 heteroatoms. The summed E-state index contributed by atoms with van der Waals surface area (Å²) in [7, 11) is 0. The van der Waals surface area contributed by atoms with E-state index in [1.165, 1.54) is 49.7 Å². The largest absolute Gasteiger partial charge is 0.457 e. The smallest absolute Gasteiger partial charge is 0.160 e. The van der Waals surface area contributed by atoms with E-state index in [9.17, 15) is 0 Å². The lowest BCUT2D eigenvalue weighted by atomic mass is 9.66. The highest BCUT2D eigenvalue weighted by Gasteiger charge is 2.51. The maximum absolute atomic E-state index is 6.71. The van der Waals surface area contributed by atoms with Gasteiger partial charge in [0.2, 0.25) is 0 Å². The Bertz CT molecular complexity index is 3350. The average molecular weight is 794 g/mol. The third kappa shape index (κ3) is 5.50. The predicted octanol–water partition coefficient (Wildman–Crippen LogP) is 14.4. The van der Waals surface area contributed by atoms with Gasteiger partial charge in [-0.25, -0.2) is 9.97 Å². The number of hydrogen-bond donors (Lipinski definition) is 0. The molecule has 8 aromatic carbocycles. The number of hydrogen-bond acceptors (Lipinski definition) is 4. The van der Waals surface area contributed by atoms with E-state index in [1.54, 1.807) is 0 Å². The Morgan fingerprint density at radius 2 is 0.984 bits per heavy atom. The van der Waals surface area contributed by atoms with Crippen molar-refractivity contribution in [3.05, 3.63) is 234 Å². The van der Waals surface area contributed by atoms with Gasteiger partial charge in [-0.15, -0.1) is 0 Å². The standard InChI is InChI=1S/C58H39N3O/c1-36-25-26-42(35-59-36)45-17-6-5-15-43(45)39-27-29-40(30-28-39)46-18-12-22-51-56(46)48-32-31-41(57-60-37(2)33-53(61-57)47-19-11-14-38-13-3-4-16-44(38)47)34-52(48)58(51)49-20-7-9-23-54(49)62-55-24-10-8-21-50(55)58/h3-35H,1-2H3. The van der Waals surface area contributed by atoms with Crippen LogP contribution >= 0.6 is 0 Å². The molecule has 0 bridgehead atoms. The Morgan fingerprint density at radius 1 is 0.403 bits per heavy atom. The monoisotopic (exact) mass is 793 g/mol. The van der Waals surface area contributed by atoms with Gasteiger partial charge < -0.3 is 4.74 Å². The summed E-state index contributed by atoms with van der Waals surface area (Å²) in [5.74, 6) is 2.42. The highest BCUT2D eigenvalue weighted by molar-refractivity contribution is 5.99. The van der Waals surface area contributed by atoms with E-state index >= 15 is 0 Å². The van der Waals surface area contributed by atoms with Gasteiger partial charge in [0.15, 0.2) is 5.82 Å². The van der Waals surface area contributed by atoms with E-state index in [0.717, 1.165) is 67.5 Å². The maximum atomic E-state index is 6.71. The van der Waals surface area contributed by atoms with Crippen LogP contribution in [0.25, 0.3) is 77.9 Å². The van der Waals surface area contributed by atoms with E-state index in [0.29, 0.717) is 5.82 Å². The van der Waals surface area contributed by atoms with Crippen LogP contribution in [-0.4, -0.2) is 15.0 Å². The number of aryl methyl sites for hydroxylation is 2. The Hall–Kier alpha value is -7.95. The van der Waals surface area contributed by atoms with Gasteiger partial charge in [-0.1, -0.05) is 164 Å². The van der Waals surface area contributed by atoms with E-state index in [-0.39, 0.29) is 0 Å². The molecular formula is C58H39N3O. The van der Waals surface area contributed by atoms with Crippen molar-refractivity contribution in [2.45, 2.75) is 19.3 Å². The number of para-hydroxylation sites is 2. The van der Waals surface area contributed by atoms with Crippen LogP contribution in [0, 0.1) is 13.8 Å². The zero-order valence-electron chi connectivity index (χ0n) is 34.3. The van der Waals surface area contributed by atoms with Crippen LogP contribution in [0.1, 0.15) is 33.6 Å². The number of ether oxygens (including phenoxy) is 1. The van der Waals surface area contributed by atoms with Crippen LogP contribution < -0.4 is 4.74 Å². The summed E-state index contributed by atoms with van der Waals surface area (Å²) in [4.78, 5) is 15.0.